The topological polar surface area (TPSA) is 80.8 Å². The van der Waals surface area contributed by atoms with Crippen molar-refractivity contribution < 1.29 is 9.53 Å². The molecule has 2 fully saturated rings. The van der Waals surface area contributed by atoms with Crippen LogP contribution in [0.2, 0.25) is 5.02 Å². The molecule has 5 rings (SSSR count). The number of hydrogen-bond acceptors (Lipinski definition) is 5. The molecule has 0 bridgehead atoms. The number of halogens is 1. The number of carbonyl (C=O) groups excluding carboxylic acids is 1. The molecule has 174 valence electrons. The van der Waals surface area contributed by atoms with Crippen LogP contribution in [-0.4, -0.2) is 40.5 Å². The summed E-state index contributed by atoms with van der Waals surface area (Å²) in [7, 11) is 0. The van der Waals surface area contributed by atoms with Gasteiger partial charge in [0, 0.05) is 41.9 Å². The molecule has 1 aromatic heterocycles. The second kappa shape index (κ2) is 8.73. The van der Waals surface area contributed by atoms with Crippen molar-refractivity contribution in [2.45, 2.75) is 76.0 Å². The minimum atomic E-state index is -0.796. The molecule has 33 heavy (non-hydrogen) atoms. The number of hydrogen-bond donors (Lipinski definition) is 1. The molecule has 1 saturated heterocycles. The van der Waals surface area contributed by atoms with E-state index in [4.69, 9.17) is 27.1 Å². The number of nitrogens with two attached hydrogens (primary N) is 1. The van der Waals surface area contributed by atoms with E-state index in [0.29, 0.717) is 24.0 Å². The SMILES string of the molecule is C[C@@H]1C[C@@H](N2C(=O)C[C@@](C)(c3cccc(Cc4ccc(C5CC5)nc4)c3Cl)N=C2N)CCO1. The smallest absolute Gasteiger partial charge is 0.232 e. The van der Waals surface area contributed by atoms with Gasteiger partial charge in [0.05, 0.1) is 18.1 Å². The fraction of sp³-hybridized carbons (Fsp3) is 0.500. The van der Waals surface area contributed by atoms with Crippen LogP contribution in [-0.2, 0) is 21.5 Å². The van der Waals surface area contributed by atoms with E-state index in [1.165, 1.54) is 18.5 Å². The fourth-order valence-corrected chi connectivity index (χ4v) is 5.52. The highest BCUT2D eigenvalue weighted by atomic mass is 35.5. The predicted octanol–water partition coefficient (Wildman–Crippen LogP) is 4.53. The molecule has 1 aliphatic carbocycles. The van der Waals surface area contributed by atoms with Gasteiger partial charge in [0.15, 0.2) is 5.96 Å². The number of guanidine groups is 1. The van der Waals surface area contributed by atoms with Crippen LogP contribution >= 0.6 is 11.6 Å². The first-order valence-electron chi connectivity index (χ1n) is 11.9. The zero-order chi connectivity index (χ0) is 23.2. The van der Waals surface area contributed by atoms with E-state index in [-0.39, 0.29) is 30.4 Å². The van der Waals surface area contributed by atoms with Crippen molar-refractivity contribution in [3.63, 3.8) is 0 Å². The van der Waals surface area contributed by atoms with Gasteiger partial charge in [-0.05, 0) is 62.3 Å². The predicted molar refractivity (Wildman–Crippen MR) is 129 cm³/mol. The Kier molecular flexibility index (Phi) is 5.91. The fourth-order valence-electron chi connectivity index (χ4n) is 5.12. The normalized spacial score (nSPS) is 28.0. The Labute approximate surface area is 200 Å². The third kappa shape index (κ3) is 4.51. The van der Waals surface area contributed by atoms with E-state index in [2.05, 4.69) is 17.1 Å². The number of rotatable bonds is 5. The number of aliphatic imine (C=N–C) groups is 1. The number of pyridine rings is 1. The molecule has 3 atom stereocenters. The summed E-state index contributed by atoms with van der Waals surface area (Å²) in [6.45, 7) is 4.60. The molecule has 2 N–H and O–H groups in total. The first kappa shape index (κ1) is 22.4. The Balaban J connectivity index is 1.40. The highest BCUT2D eigenvalue weighted by molar-refractivity contribution is 6.32. The second-order valence-corrected chi connectivity index (χ2v) is 10.2. The Morgan fingerprint density at radius 1 is 1.24 bits per heavy atom. The van der Waals surface area contributed by atoms with Gasteiger partial charge in [0.1, 0.15) is 0 Å². The number of carbonyl (C=O) groups is 1. The minimum absolute atomic E-state index is 0.00886. The lowest BCUT2D eigenvalue weighted by Crippen LogP contribution is -2.56. The van der Waals surface area contributed by atoms with Gasteiger partial charge in [-0.1, -0.05) is 35.9 Å². The molecule has 3 aliphatic rings. The summed E-state index contributed by atoms with van der Waals surface area (Å²) in [5, 5.41) is 0.642. The van der Waals surface area contributed by atoms with Gasteiger partial charge in [-0.25, -0.2) is 4.99 Å². The van der Waals surface area contributed by atoms with E-state index in [0.717, 1.165) is 29.5 Å². The summed E-state index contributed by atoms with van der Waals surface area (Å²) in [6, 6.07) is 10.3. The lowest BCUT2D eigenvalue weighted by molar-refractivity contribution is -0.133. The van der Waals surface area contributed by atoms with Crippen molar-refractivity contribution in [2.75, 3.05) is 6.61 Å². The molecule has 0 unspecified atom stereocenters. The standard InChI is InChI=1S/C26H31ClN4O2/c1-16-12-20(10-11-33-16)31-23(32)14-26(2,30-25(31)28)21-5-3-4-19(24(21)27)13-17-6-9-22(29-15-17)18-7-8-18/h3-6,9,15-16,18,20H,7-8,10-14H2,1-2H3,(H2,28,30)/t16-,20+,26+/m1/s1. The van der Waals surface area contributed by atoms with Crippen LogP contribution in [0.15, 0.2) is 41.5 Å². The van der Waals surface area contributed by atoms with Crippen LogP contribution in [0, 0.1) is 0 Å². The van der Waals surface area contributed by atoms with Crippen molar-refractivity contribution in [2.24, 2.45) is 10.7 Å². The number of aromatic nitrogens is 1. The van der Waals surface area contributed by atoms with Gasteiger partial charge in [-0.2, -0.15) is 0 Å². The summed E-state index contributed by atoms with van der Waals surface area (Å²) in [5.41, 5.74) is 9.71. The summed E-state index contributed by atoms with van der Waals surface area (Å²) in [5.74, 6) is 0.904. The maximum atomic E-state index is 13.3. The first-order chi connectivity index (χ1) is 15.8. The van der Waals surface area contributed by atoms with Gasteiger partial charge in [0.2, 0.25) is 5.91 Å². The van der Waals surface area contributed by atoms with E-state index in [9.17, 15) is 4.79 Å². The molecule has 6 nitrogen and oxygen atoms in total. The van der Waals surface area contributed by atoms with Crippen LogP contribution in [0.1, 0.15) is 74.3 Å². The molecule has 1 amide bonds. The monoisotopic (exact) mass is 466 g/mol. The maximum absolute atomic E-state index is 13.3. The Morgan fingerprint density at radius 3 is 2.73 bits per heavy atom. The van der Waals surface area contributed by atoms with Gasteiger partial charge in [0.25, 0.3) is 0 Å². The minimum Gasteiger partial charge on any atom is -0.378 e. The van der Waals surface area contributed by atoms with Crippen molar-refractivity contribution in [1.29, 1.82) is 0 Å². The van der Waals surface area contributed by atoms with Crippen molar-refractivity contribution in [3.05, 3.63) is 63.9 Å². The molecule has 0 spiro atoms. The lowest BCUT2D eigenvalue weighted by atomic mass is 9.85. The lowest BCUT2D eigenvalue weighted by Gasteiger charge is -2.41. The number of amides is 1. The van der Waals surface area contributed by atoms with Crippen molar-refractivity contribution in [3.8, 4) is 0 Å². The molecule has 2 aromatic rings. The van der Waals surface area contributed by atoms with E-state index in [1.807, 2.05) is 38.2 Å². The average Bonchev–Trinajstić information content (AvgIpc) is 3.60. The van der Waals surface area contributed by atoms with Crippen molar-refractivity contribution >= 4 is 23.5 Å². The van der Waals surface area contributed by atoms with Crippen LogP contribution in [0.4, 0.5) is 0 Å². The molecule has 3 heterocycles. The molecule has 7 heteroatoms. The van der Waals surface area contributed by atoms with Crippen molar-refractivity contribution in [1.82, 2.24) is 9.88 Å². The van der Waals surface area contributed by atoms with Crippen LogP contribution in [0.25, 0.3) is 0 Å². The Morgan fingerprint density at radius 2 is 2.06 bits per heavy atom. The van der Waals surface area contributed by atoms with Crippen LogP contribution in [0.5, 0.6) is 0 Å². The largest absolute Gasteiger partial charge is 0.378 e. The third-order valence-electron chi connectivity index (χ3n) is 7.09. The summed E-state index contributed by atoms with van der Waals surface area (Å²) in [4.78, 5) is 24.4. The Hall–Kier alpha value is -2.44. The Bertz CT molecular complexity index is 1080. The van der Waals surface area contributed by atoms with Gasteiger partial charge < -0.3 is 10.5 Å². The third-order valence-corrected chi connectivity index (χ3v) is 7.54. The average molecular weight is 467 g/mol. The van der Waals surface area contributed by atoms with E-state index >= 15 is 0 Å². The van der Waals surface area contributed by atoms with Crippen LogP contribution in [0.3, 0.4) is 0 Å². The molecule has 2 aliphatic heterocycles. The first-order valence-corrected chi connectivity index (χ1v) is 12.2. The van der Waals surface area contributed by atoms with Gasteiger partial charge >= 0.3 is 0 Å². The van der Waals surface area contributed by atoms with Gasteiger partial charge in [-0.15, -0.1) is 0 Å². The van der Waals surface area contributed by atoms with E-state index < -0.39 is 5.54 Å². The van der Waals surface area contributed by atoms with E-state index in [1.54, 1.807) is 4.90 Å². The molecular weight excluding hydrogens is 436 g/mol. The second-order valence-electron chi connectivity index (χ2n) is 9.87. The number of benzene rings is 1. The molecule has 1 aromatic carbocycles. The van der Waals surface area contributed by atoms with Crippen LogP contribution < -0.4 is 5.73 Å². The molecule has 0 radical (unpaired) electrons. The highest BCUT2D eigenvalue weighted by Crippen LogP contribution is 2.41. The zero-order valence-corrected chi connectivity index (χ0v) is 20.0. The maximum Gasteiger partial charge on any atom is 0.232 e. The zero-order valence-electron chi connectivity index (χ0n) is 19.3. The summed E-state index contributed by atoms with van der Waals surface area (Å²) < 4.78 is 5.64. The molecular formula is C26H31ClN4O2. The number of ether oxygens (including phenoxy) is 1. The van der Waals surface area contributed by atoms with Gasteiger partial charge in [-0.3, -0.25) is 14.7 Å². The summed E-state index contributed by atoms with van der Waals surface area (Å²) >= 11 is 6.90. The number of nitrogens with zero attached hydrogens (tertiary/aromatic N) is 3. The molecule has 1 saturated carbocycles. The quantitative estimate of drug-likeness (QED) is 0.701. The summed E-state index contributed by atoms with van der Waals surface area (Å²) in [6.07, 6.45) is 7.00. The highest BCUT2D eigenvalue weighted by Gasteiger charge is 2.42.